The van der Waals surface area contributed by atoms with Gasteiger partial charge in [-0.1, -0.05) is 52.8 Å². The minimum atomic E-state index is -0.114. The van der Waals surface area contributed by atoms with Gasteiger partial charge in [0.25, 0.3) is 0 Å². The summed E-state index contributed by atoms with van der Waals surface area (Å²) in [7, 11) is 0. The van der Waals surface area contributed by atoms with Crippen molar-refractivity contribution in [2.75, 3.05) is 6.61 Å². The quantitative estimate of drug-likeness (QED) is 0.212. The Morgan fingerprint density at radius 2 is 1.71 bits per heavy atom. The van der Waals surface area contributed by atoms with E-state index in [9.17, 15) is 9.90 Å². The molecule has 0 saturated heterocycles. The van der Waals surface area contributed by atoms with Crippen LogP contribution in [-0.4, -0.2) is 18.7 Å². The molecule has 0 aromatic carbocycles. The van der Waals surface area contributed by atoms with Crippen LogP contribution in [0.2, 0.25) is 0 Å². The largest absolute Gasteiger partial charge is 0.854 e. The summed E-state index contributed by atoms with van der Waals surface area (Å²) in [6, 6.07) is 6.02. The molecule has 5 fully saturated rings. The molecule has 4 nitrogen and oxygen atoms in total. The molecule has 1 aromatic rings. The van der Waals surface area contributed by atoms with Gasteiger partial charge >= 0.3 is 5.97 Å². The van der Waals surface area contributed by atoms with E-state index in [-0.39, 0.29) is 52.3 Å². The van der Waals surface area contributed by atoms with E-state index in [1.807, 2.05) is 35.9 Å². The lowest BCUT2D eigenvalue weighted by Crippen LogP contribution is -2.67. The second kappa shape index (κ2) is 10.2. The average molecular weight is 576 g/mol. The molecule has 5 aliphatic carbocycles. The fourth-order valence-corrected chi connectivity index (χ4v) is 12.8. The standard InChI is InChI=1S/C38H57NO3/c1-25(2)27-14-19-38(24-40)21-20-36(7)28(33(27)38)12-13-30-35(6)17-16-31(34(4,5)29(35)15-18-37(30,36)8)42-32(41)23-39-22-10-9-11-26(39)3/h9-11,22,27-31,33H,1,12-21,23-24H2,2-8H3/t27-,28?,29?,30?,31-,33?,35-,36+,37+,38+/m0/s1. The van der Waals surface area contributed by atoms with E-state index in [4.69, 9.17) is 4.74 Å². The maximum absolute atomic E-state index is 13.2. The third-order valence-electron chi connectivity index (χ3n) is 15.2. The molecule has 0 spiro atoms. The Morgan fingerprint density at radius 3 is 2.40 bits per heavy atom. The Morgan fingerprint density at radius 1 is 0.952 bits per heavy atom. The second-order valence-electron chi connectivity index (χ2n) is 17.0. The Labute approximate surface area is 255 Å². The van der Waals surface area contributed by atoms with Crippen molar-refractivity contribution in [3.8, 4) is 0 Å². The summed E-state index contributed by atoms with van der Waals surface area (Å²) in [4.78, 5) is 13.2. The third-order valence-corrected chi connectivity index (χ3v) is 15.2. The number of ether oxygens (including phenoxy) is 1. The van der Waals surface area contributed by atoms with Crippen molar-refractivity contribution < 1.29 is 19.2 Å². The Balaban J connectivity index is 1.25. The zero-order chi connectivity index (χ0) is 30.3. The molecule has 10 atom stereocenters. The topological polar surface area (TPSA) is 53.2 Å². The number of carbonyl (C=O) groups is 1. The number of fused-ring (bicyclic) bond motifs is 7. The SMILES string of the molecule is C=C(C)[C@@H]1CC[C@]2(C[O-])CC[C@]3(C)C(CCC4[C@@]5(C)CC[C@H](OC(=O)C[n+]6ccccc6C)C(C)(C)C5CC[C@]43C)C12. The van der Waals surface area contributed by atoms with Crippen molar-refractivity contribution in [3.63, 3.8) is 0 Å². The van der Waals surface area contributed by atoms with Crippen LogP contribution >= 0.6 is 0 Å². The van der Waals surface area contributed by atoms with E-state index in [1.54, 1.807) is 0 Å². The van der Waals surface area contributed by atoms with Gasteiger partial charge in [-0.2, -0.15) is 4.57 Å². The molecule has 232 valence electrons. The lowest BCUT2D eigenvalue weighted by molar-refractivity contribution is -0.692. The monoisotopic (exact) mass is 575 g/mol. The highest BCUT2D eigenvalue weighted by atomic mass is 16.5. The van der Waals surface area contributed by atoms with Crippen molar-refractivity contribution >= 4 is 5.97 Å². The molecule has 0 amide bonds. The van der Waals surface area contributed by atoms with Gasteiger partial charge in [0.15, 0.2) is 11.9 Å². The van der Waals surface area contributed by atoms with E-state index in [2.05, 4.69) is 48.1 Å². The van der Waals surface area contributed by atoms with Gasteiger partial charge in [0.05, 0.1) is 0 Å². The number of allylic oxidation sites excluding steroid dienone is 1. The maximum Gasteiger partial charge on any atom is 0.372 e. The third kappa shape index (κ3) is 4.16. The van der Waals surface area contributed by atoms with E-state index >= 15 is 0 Å². The number of aryl methyl sites for hydroxylation is 1. The Bertz CT molecular complexity index is 1240. The van der Waals surface area contributed by atoms with E-state index in [0.29, 0.717) is 29.6 Å². The van der Waals surface area contributed by atoms with Crippen molar-refractivity contribution in [1.82, 2.24) is 0 Å². The molecule has 1 heterocycles. The van der Waals surface area contributed by atoms with Gasteiger partial charge in [0, 0.05) is 24.5 Å². The summed E-state index contributed by atoms with van der Waals surface area (Å²) in [5.41, 5.74) is 3.12. The summed E-state index contributed by atoms with van der Waals surface area (Å²) >= 11 is 0. The average Bonchev–Trinajstić information content (AvgIpc) is 3.33. The molecule has 5 aliphatic rings. The molecule has 4 unspecified atom stereocenters. The summed E-state index contributed by atoms with van der Waals surface area (Å²) in [6.07, 6.45) is 13.6. The van der Waals surface area contributed by atoms with Gasteiger partial charge in [-0.3, -0.25) is 0 Å². The second-order valence-corrected chi connectivity index (χ2v) is 17.0. The van der Waals surface area contributed by atoms with E-state index in [1.165, 1.54) is 44.1 Å². The zero-order valence-corrected chi connectivity index (χ0v) is 27.6. The van der Waals surface area contributed by atoms with Crippen LogP contribution in [0.1, 0.15) is 111 Å². The van der Waals surface area contributed by atoms with Crippen molar-refractivity contribution in [2.24, 2.45) is 56.7 Å². The number of carbonyl (C=O) groups excluding carboxylic acids is 1. The summed E-state index contributed by atoms with van der Waals surface area (Å²) < 4.78 is 8.32. The van der Waals surface area contributed by atoms with Crippen LogP contribution < -0.4 is 9.67 Å². The first-order valence-electron chi connectivity index (χ1n) is 17.1. The van der Waals surface area contributed by atoms with Crippen LogP contribution in [0.15, 0.2) is 36.5 Å². The predicted octanol–water partition coefficient (Wildman–Crippen LogP) is 7.21. The molecular weight excluding hydrogens is 518 g/mol. The zero-order valence-electron chi connectivity index (χ0n) is 27.6. The minimum Gasteiger partial charge on any atom is -0.854 e. The van der Waals surface area contributed by atoms with Crippen molar-refractivity contribution in [1.29, 1.82) is 0 Å². The molecule has 0 N–H and O–H groups in total. The Kier molecular flexibility index (Phi) is 7.35. The van der Waals surface area contributed by atoms with Crippen LogP contribution in [0.25, 0.3) is 0 Å². The van der Waals surface area contributed by atoms with E-state index < -0.39 is 0 Å². The fourth-order valence-electron chi connectivity index (χ4n) is 12.8. The number of hydrogen-bond acceptors (Lipinski definition) is 3. The van der Waals surface area contributed by atoms with Gasteiger partial charge < -0.3 is 9.84 Å². The first-order chi connectivity index (χ1) is 19.7. The number of hydrogen-bond donors (Lipinski definition) is 0. The fraction of sp³-hybridized carbons (Fsp3) is 0.789. The van der Waals surface area contributed by atoms with Gasteiger partial charge in [0.2, 0.25) is 6.54 Å². The highest BCUT2D eigenvalue weighted by Crippen LogP contribution is 2.77. The lowest BCUT2D eigenvalue weighted by Gasteiger charge is -2.73. The highest BCUT2D eigenvalue weighted by Gasteiger charge is 2.70. The number of pyridine rings is 1. The van der Waals surface area contributed by atoms with Gasteiger partial charge in [-0.15, -0.1) is 6.61 Å². The summed E-state index contributed by atoms with van der Waals surface area (Å²) in [6.45, 7) is 21.8. The van der Waals surface area contributed by atoms with Crippen molar-refractivity contribution in [3.05, 3.63) is 42.2 Å². The summed E-state index contributed by atoms with van der Waals surface area (Å²) in [5.74, 6) is 2.78. The molecule has 4 heteroatoms. The van der Waals surface area contributed by atoms with E-state index in [0.717, 1.165) is 31.4 Å². The number of nitrogens with zero attached hydrogens (tertiary/aromatic N) is 1. The summed E-state index contributed by atoms with van der Waals surface area (Å²) in [5, 5.41) is 12.9. The molecule has 0 radical (unpaired) electrons. The van der Waals surface area contributed by atoms with Crippen molar-refractivity contribution in [2.45, 2.75) is 125 Å². The molecule has 6 rings (SSSR count). The highest BCUT2D eigenvalue weighted by molar-refractivity contribution is 5.68. The van der Waals surface area contributed by atoms with Crippen LogP contribution in [0, 0.1) is 63.6 Å². The number of aromatic nitrogens is 1. The molecule has 1 aromatic heterocycles. The van der Waals surface area contributed by atoms with Crippen LogP contribution in [-0.2, 0) is 16.1 Å². The van der Waals surface area contributed by atoms with Crippen LogP contribution in [0.5, 0.6) is 0 Å². The first-order valence-corrected chi connectivity index (χ1v) is 17.1. The van der Waals surface area contributed by atoms with Gasteiger partial charge in [-0.25, -0.2) is 4.79 Å². The number of esters is 1. The predicted molar refractivity (Wildman–Crippen MR) is 165 cm³/mol. The normalized spacial score (nSPS) is 45.6. The maximum atomic E-state index is 13.2. The van der Waals surface area contributed by atoms with Crippen LogP contribution in [0.4, 0.5) is 0 Å². The van der Waals surface area contributed by atoms with Crippen LogP contribution in [0.3, 0.4) is 0 Å². The molecule has 0 aliphatic heterocycles. The molecule has 5 saturated carbocycles. The molecule has 42 heavy (non-hydrogen) atoms. The number of rotatable bonds is 5. The first kappa shape index (κ1) is 30.4. The minimum absolute atomic E-state index is 0.00139. The van der Waals surface area contributed by atoms with Gasteiger partial charge in [0.1, 0.15) is 6.10 Å². The lowest BCUT2D eigenvalue weighted by atomic mass is 9.32. The van der Waals surface area contributed by atoms with Gasteiger partial charge in [-0.05, 0) is 122 Å². The smallest absolute Gasteiger partial charge is 0.372 e. The Hall–Kier alpha value is -1.68. The molecule has 0 bridgehead atoms. The molecular formula is C38H57NO3.